The molecule has 3 heterocycles. The van der Waals surface area contributed by atoms with Crippen molar-refractivity contribution in [2.24, 2.45) is 0 Å². The molecule has 1 N–H and O–H groups in total. The lowest BCUT2D eigenvalue weighted by molar-refractivity contribution is -0.764. The predicted molar refractivity (Wildman–Crippen MR) is 134 cm³/mol. The van der Waals surface area contributed by atoms with Crippen molar-refractivity contribution in [3.8, 4) is 22.6 Å². The van der Waals surface area contributed by atoms with E-state index in [2.05, 4.69) is 10.1 Å². The van der Waals surface area contributed by atoms with Crippen molar-refractivity contribution < 1.29 is 18.8 Å². The van der Waals surface area contributed by atoms with E-state index in [1.165, 1.54) is 28.6 Å². The van der Waals surface area contributed by atoms with Crippen LogP contribution in [0.5, 0.6) is 0 Å². The van der Waals surface area contributed by atoms with E-state index in [0.29, 0.717) is 44.7 Å². The molecular formula is C25H22N5O5S+. The van der Waals surface area contributed by atoms with Gasteiger partial charge in [0.05, 0.1) is 16.2 Å². The Morgan fingerprint density at radius 1 is 1.22 bits per heavy atom. The monoisotopic (exact) mass is 504 g/mol. The van der Waals surface area contributed by atoms with Gasteiger partial charge < -0.3 is 4.42 Å². The van der Waals surface area contributed by atoms with Crippen molar-refractivity contribution in [1.29, 1.82) is 0 Å². The molecule has 36 heavy (non-hydrogen) atoms. The highest BCUT2D eigenvalue weighted by atomic mass is 32.2. The number of aryl methyl sites for hydroxylation is 1. The molecule has 10 nitrogen and oxygen atoms in total. The number of carbonyl (C=O) groups is 1. The van der Waals surface area contributed by atoms with Gasteiger partial charge in [0.25, 0.3) is 5.69 Å². The summed E-state index contributed by atoms with van der Waals surface area (Å²) in [6, 6.07) is 15.2. The average molecular weight is 505 g/mol. The normalized spacial score (nSPS) is 14.3. The largest absolute Gasteiger partial charge is 0.452 e. The zero-order valence-electron chi connectivity index (χ0n) is 19.7. The van der Waals surface area contributed by atoms with Crippen LogP contribution in [0.25, 0.3) is 22.6 Å². The second-order valence-corrected chi connectivity index (χ2v) is 9.02. The molecule has 1 unspecified atom stereocenters. The molecular weight excluding hydrogens is 482 g/mol. The molecule has 1 amide bonds. The van der Waals surface area contributed by atoms with Crippen LogP contribution in [0, 0.1) is 17.0 Å². The lowest BCUT2D eigenvalue weighted by atomic mass is 10.0. The number of nitrogens with one attached hydrogen (secondary N) is 1. The molecule has 0 spiro atoms. The summed E-state index contributed by atoms with van der Waals surface area (Å²) in [4.78, 5) is 41.5. The lowest BCUT2D eigenvalue weighted by Gasteiger charge is -2.30. The van der Waals surface area contributed by atoms with Crippen molar-refractivity contribution in [3.05, 3.63) is 86.4 Å². The number of thioether (sulfide) groups is 1. The van der Waals surface area contributed by atoms with Crippen LogP contribution in [0.4, 0.5) is 11.4 Å². The number of para-hydroxylation sites is 1. The van der Waals surface area contributed by atoms with Crippen molar-refractivity contribution in [2.45, 2.75) is 31.6 Å². The Labute approximate surface area is 209 Å². The molecule has 1 aliphatic rings. The summed E-state index contributed by atoms with van der Waals surface area (Å²) in [7, 11) is 0. The zero-order valence-corrected chi connectivity index (χ0v) is 20.5. The number of furan rings is 1. The first-order chi connectivity index (χ1) is 17.3. The van der Waals surface area contributed by atoms with Gasteiger partial charge in [-0.15, -0.1) is 0 Å². The molecule has 0 aliphatic carbocycles. The first-order valence-electron chi connectivity index (χ1n) is 11.2. The molecule has 4 aromatic rings. The Balaban J connectivity index is 1.72. The third-order valence-corrected chi connectivity index (χ3v) is 6.66. The van der Waals surface area contributed by atoms with Crippen LogP contribution in [0.3, 0.4) is 0 Å². The number of fused-ring (bicyclic) bond motifs is 3. The molecule has 1 aliphatic heterocycles. The Bertz CT molecular complexity index is 1580. The third kappa shape index (κ3) is 3.77. The van der Waals surface area contributed by atoms with Gasteiger partial charge in [0.2, 0.25) is 11.1 Å². The molecule has 2 aromatic carbocycles. The number of carbonyl (C=O) groups excluding carboxylic acids is 1. The van der Waals surface area contributed by atoms with Gasteiger partial charge in [-0.05, 0) is 53.8 Å². The van der Waals surface area contributed by atoms with Gasteiger partial charge in [-0.1, -0.05) is 30.8 Å². The minimum atomic E-state index is -0.845. The molecule has 2 aromatic heterocycles. The summed E-state index contributed by atoms with van der Waals surface area (Å²) >= 11 is 1.28. The van der Waals surface area contributed by atoms with E-state index in [0.717, 1.165) is 0 Å². The highest BCUT2D eigenvalue weighted by Gasteiger charge is 2.47. The van der Waals surface area contributed by atoms with E-state index in [1.54, 1.807) is 55.3 Å². The fourth-order valence-corrected chi connectivity index (χ4v) is 4.80. The second-order valence-electron chi connectivity index (χ2n) is 8.22. The average Bonchev–Trinajstić information content (AvgIpc) is 3.36. The third-order valence-electron chi connectivity index (χ3n) is 6.09. The number of benzene rings is 2. The van der Waals surface area contributed by atoms with Gasteiger partial charge in [0.1, 0.15) is 5.76 Å². The molecule has 0 saturated carbocycles. The Kier molecular flexibility index (Phi) is 5.92. The van der Waals surface area contributed by atoms with E-state index in [9.17, 15) is 19.7 Å². The number of nitro groups is 1. The lowest BCUT2D eigenvalue weighted by Crippen LogP contribution is -2.60. The Morgan fingerprint density at radius 3 is 2.69 bits per heavy atom. The van der Waals surface area contributed by atoms with Crippen LogP contribution in [-0.2, 0) is 4.79 Å². The van der Waals surface area contributed by atoms with Gasteiger partial charge in [-0.3, -0.25) is 24.7 Å². The van der Waals surface area contributed by atoms with Crippen LogP contribution in [-0.4, -0.2) is 27.2 Å². The Hall–Kier alpha value is -4.25. The van der Waals surface area contributed by atoms with Crippen LogP contribution < -0.4 is 15.1 Å². The molecule has 0 fully saturated rings. The van der Waals surface area contributed by atoms with Gasteiger partial charge in [0.15, 0.2) is 5.76 Å². The van der Waals surface area contributed by atoms with Crippen molar-refractivity contribution in [3.63, 3.8) is 0 Å². The van der Waals surface area contributed by atoms with E-state index in [-0.39, 0.29) is 23.6 Å². The van der Waals surface area contributed by atoms with E-state index in [4.69, 9.17) is 4.42 Å². The summed E-state index contributed by atoms with van der Waals surface area (Å²) in [6.45, 7) is 3.54. The quantitative estimate of drug-likeness (QED) is 0.187. The number of H-pyrrole nitrogens is 1. The van der Waals surface area contributed by atoms with Crippen LogP contribution in [0.2, 0.25) is 0 Å². The van der Waals surface area contributed by atoms with E-state index < -0.39 is 11.1 Å². The minimum Gasteiger partial charge on any atom is -0.452 e. The number of non-ortho nitro benzene ring substituents is 1. The van der Waals surface area contributed by atoms with Crippen molar-refractivity contribution in [1.82, 2.24) is 10.1 Å². The summed E-state index contributed by atoms with van der Waals surface area (Å²) in [5, 5.41) is 16.2. The Morgan fingerprint density at radius 2 is 2.00 bits per heavy atom. The summed E-state index contributed by atoms with van der Waals surface area (Å²) in [5.74, 6) is 0.718. The predicted octanol–water partition coefficient (Wildman–Crippen LogP) is 4.23. The number of aromatic nitrogens is 3. The maximum Gasteiger partial charge on any atom is 0.325 e. The number of hydrogen-bond acceptors (Lipinski definition) is 7. The van der Waals surface area contributed by atoms with Crippen molar-refractivity contribution >= 4 is 29.0 Å². The van der Waals surface area contributed by atoms with Gasteiger partial charge in [0, 0.05) is 29.2 Å². The van der Waals surface area contributed by atoms with E-state index >= 15 is 0 Å². The number of hydrogen-bond donors (Lipinski definition) is 1. The summed E-state index contributed by atoms with van der Waals surface area (Å²) < 4.78 is 7.79. The molecule has 11 heteroatoms. The molecule has 0 bridgehead atoms. The van der Waals surface area contributed by atoms with Gasteiger partial charge in [-0.2, -0.15) is 0 Å². The summed E-state index contributed by atoms with van der Waals surface area (Å²) in [6.07, 6.45) is 1.19. The van der Waals surface area contributed by atoms with Crippen LogP contribution in [0.15, 0.2) is 69.0 Å². The summed E-state index contributed by atoms with van der Waals surface area (Å²) in [5.41, 5.74) is 2.52. The SMILES string of the molecule is CCC(=O)N1c2ccccc2-c2c(=O)[nH]c(SC)n[n+]2C1c1ccc(-c2ccc([N+](=O)[O-])cc2C)o1. The maximum absolute atomic E-state index is 13.3. The topological polar surface area (TPSA) is 126 Å². The first kappa shape index (κ1) is 23.5. The fraction of sp³-hybridized carbons (Fsp3) is 0.200. The number of rotatable bonds is 5. The number of nitro benzene ring substituents is 1. The number of aromatic amines is 1. The number of anilines is 1. The highest BCUT2D eigenvalue weighted by molar-refractivity contribution is 7.98. The number of amides is 1. The first-order valence-corrected chi connectivity index (χ1v) is 12.4. The molecule has 182 valence electrons. The second kappa shape index (κ2) is 9.08. The molecule has 0 radical (unpaired) electrons. The highest BCUT2D eigenvalue weighted by Crippen LogP contribution is 2.39. The zero-order chi connectivity index (χ0) is 25.6. The smallest absolute Gasteiger partial charge is 0.325 e. The fourth-order valence-electron chi connectivity index (χ4n) is 4.44. The van der Waals surface area contributed by atoms with Crippen molar-refractivity contribution in [2.75, 3.05) is 11.2 Å². The maximum atomic E-state index is 13.3. The minimum absolute atomic E-state index is 0.0101. The van der Waals surface area contributed by atoms with Gasteiger partial charge >= 0.3 is 17.4 Å². The van der Waals surface area contributed by atoms with Crippen LogP contribution in [0.1, 0.15) is 30.8 Å². The molecule has 1 atom stereocenters. The molecule has 0 saturated heterocycles. The van der Waals surface area contributed by atoms with Gasteiger partial charge in [-0.25, -0.2) is 4.90 Å². The standard InChI is InChI=1S/C25H21N5O5S/c1-4-21(31)28-18-8-6-5-7-17(18)22-23(32)26-25(36-3)27-29(22)24(28)20-12-11-19(35-20)16-10-9-15(30(33)34)13-14(16)2/h5-13,24H,4H2,1-3H3/p+1. The van der Waals surface area contributed by atoms with Crippen LogP contribution >= 0.6 is 11.8 Å². The van der Waals surface area contributed by atoms with E-state index in [1.807, 2.05) is 12.1 Å². The number of nitrogens with zero attached hydrogens (tertiary/aromatic N) is 4. The molecule has 5 rings (SSSR count).